The third-order valence-electron chi connectivity index (χ3n) is 5.32. The van der Waals surface area contributed by atoms with Crippen LogP contribution in [-0.4, -0.2) is 37.0 Å². The molecule has 0 amide bonds. The van der Waals surface area contributed by atoms with E-state index in [9.17, 15) is 0 Å². The van der Waals surface area contributed by atoms with Gasteiger partial charge in [-0.15, -0.1) is 35.4 Å². The average Bonchev–Trinajstić information content (AvgIpc) is 2.87. The second-order valence-corrected chi connectivity index (χ2v) is 14.7. The zero-order valence-electron chi connectivity index (χ0n) is 22.1. The first kappa shape index (κ1) is 37.2. The Bertz CT molecular complexity index is 793. The van der Waals surface area contributed by atoms with Gasteiger partial charge in [-0.1, -0.05) is 29.8 Å². The number of nitriles is 1. The van der Waals surface area contributed by atoms with Crippen molar-refractivity contribution < 1.29 is 21.1 Å². The van der Waals surface area contributed by atoms with Crippen LogP contribution in [0.1, 0.15) is 63.8 Å². The van der Waals surface area contributed by atoms with E-state index in [0.717, 1.165) is 5.56 Å². The topological polar surface area (TPSA) is 23.8 Å². The molecule has 186 valence electrons. The van der Waals surface area contributed by atoms with E-state index in [2.05, 4.69) is 53.4 Å². The zero-order chi connectivity index (χ0) is 25.5. The molecule has 0 aliphatic carbocycles. The van der Waals surface area contributed by atoms with Crippen molar-refractivity contribution in [2.75, 3.05) is 37.0 Å². The first-order chi connectivity index (χ1) is 15.9. The van der Waals surface area contributed by atoms with Crippen LogP contribution in [0.2, 0.25) is 0 Å². The molecule has 0 fully saturated rings. The number of nitrogens with zero attached hydrogens (tertiary/aromatic N) is 1. The molecular weight excluding hydrogens is 631 g/mol. The van der Waals surface area contributed by atoms with Gasteiger partial charge in [0.2, 0.25) is 0 Å². The zero-order valence-corrected chi connectivity index (χ0v) is 26.4. The van der Waals surface area contributed by atoms with Gasteiger partial charge < -0.3 is 12.8 Å². The van der Waals surface area contributed by atoms with E-state index in [1.165, 1.54) is 42.5 Å². The molecule has 0 aliphatic rings. The Kier molecular flexibility index (Phi) is 28.6. The molecule has 2 rings (SSSR count). The number of rotatable bonds is 6. The maximum Gasteiger partial charge on any atom is 2.00 e. The number of hydrogen-bond acceptors (Lipinski definition) is 1. The molecule has 0 saturated carbocycles. The predicted molar refractivity (Wildman–Crippen MR) is 155 cm³/mol. The summed E-state index contributed by atoms with van der Waals surface area (Å²) in [5.74, 6) is 4.54. The fourth-order valence-electron chi connectivity index (χ4n) is 2.85. The Morgan fingerprint density at radius 3 is 1.26 bits per heavy atom. The minimum atomic E-state index is 0. The summed E-state index contributed by atoms with van der Waals surface area (Å²) < 4.78 is 0. The summed E-state index contributed by atoms with van der Waals surface area (Å²) in [6.45, 7) is 15.8. The van der Waals surface area contributed by atoms with Crippen molar-refractivity contribution in [3.63, 3.8) is 0 Å². The molecule has 2 aromatic carbocycles. The SMILES string of the molecule is CC[PH+](CC)CC.CC[PH+](CC)CC.[C-]#Cc1ccc(C#N)cc1.[C-]#Cc1cccc(C)c1.[Pt+2]. The van der Waals surface area contributed by atoms with Gasteiger partial charge in [0.25, 0.3) is 0 Å². The van der Waals surface area contributed by atoms with E-state index in [4.69, 9.17) is 18.1 Å². The molecule has 0 bridgehead atoms. The van der Waals surface area contributed by atoms with Crippen molar-refractivity contribution in [1.29, 1.82) is 5.26 Å². The summed E-state index contributed by atoms with van der Waals surface area (Å²) in [7, 11) is 0.275. The second kappa shape index (κ2) is 26.2. The molecular formula is C30H43NP2Pt+2. The number of hydrogen-bond donors (Lipinski definition) is 0. The minimum Gasteiger partial charge on any atom is -0.366 e. The van der Waals surface area contributed by atoms with Gasteiger partial charge in [0.15, 0.2) is 0 Å². The van der Waals surface area contributed by atoms with E-state index < -0.39 is 0 Å². The fourth-order valence-corrected chi connectivity index (χ4v) is 5.85. The Morgan fingerprint density at radius 1 is 0.647 bits per heavy atom. The average molecular weight is 675 g/mol. The Morgan fingerprint density at radius 2 is 1.03 bits per heavy atom. The van der Waals surface area contributed by atoms with Crippen LogP contribution < -0.4 is 0 Å². The Labute approximate surface area is 228 Å². The van der Waals surface area contributed by atoms with Crippen LogP contribution in [0.3, 0.4) is 0 Å². The maximum atomic E-state index is 8.38. The van der Waals surface area contributed by atoms with Gasteiger partial charge in [-0.3, -0.25) is 11.8 Å². The molecule has 4 heteroatoms. The standard InChI is InChI=1S/C9H4N.C9H7.2C6H15P.Pt/c1-2-8-3-5-9(7-10)6-4-8;1-3-9-6-4-5-8(2)7-9;2*1-4-7(5-2)6-3;/h3-6H;4-7H,2H3;2*4-6H2,1-3H3;/q2*-1;;;+2/p+2. The molecule has 1 nitrogen and oxygen atoms in total. The second-order valence-electron chi connectivity index (χ2n) is 7.43. The summed E-state index contributed by atoms with van der Waals surface area (Å²) in [6, 6.07) is 16.4. The molecule has 0 saturated heterocycles. The largest absolute Gasteiger partial charge is 2.00 e. The van der Waals surface area contributed by atoms with E-state index >= 15 is 0 Å². The molecule has 0 aromatic heterocycles. The van der Waals surface area contributed by atoms with Crippen molar-refractivity contribution in [3.8, 4) is 17.9 Å². The first-order valence-electron chi connectivity index (χ1n) is 12.0. The summed E-state index contributed by atoms with van der Waals surface area (Å²) >= 11 is 0. The van der Waals surface area contributed by atoms with Crippen molar-refractivity contribution in [3.05, 3.63) is 83.6 Å². The van der Waals surface area contributed by atoms with Crippen LogP contribution in [0, 0.1) is 42.9 Å². The predicted octanol–water partition coefficient (Wildman–Crippen LogP) is 7.95. The summed E-state index contributed by atoms with van der Waals surface area (Å²) in [6.07, 6.45) is 22.3. The molecule has 0 radical (unpaired) electrons. The third kappa shape index (κ3) is 20.0. The van der Waals surface area contributed by atoms with Gasteiger partial charge >= 0.3 is 21.1 Å². The Balaban J connectivity index is -0.000000379. The van der Waals surface area contributed by atoms with E-state index in [1.54, 1.807) is 24.3 Å². The summed E-state index contributed by atoms with van der Waals surface area (Å²) in [5, 5.41) is 8.38. The van der Waals surface area contributed by atoms with Crippen LogP contribution in [0.4, 0.5) is 0 Å². The van der Waals surface area contributed by atoms with Gasteiger partial charge in [-0.05, 0) is 64.3 Å². The monoisotopic (exact) mass is 674 g/mol. The van der Waals surface area contributed by atoms with Gasteiger partial charge in [0.1, 0.15) is 0 Å². The van der Waals surface area contributed by atoms with Crippen LogP contribution in [0.15, 0.2) is 48.5 Å². The fraction of sp³-hybridized carbons (Fsp3) is 0.433. The first-order valence-corrected chi connectivity index (χ1v) is 16.2. The molecule has 0 spiro atoms. The van der Waals surface area contributed by atoms with Crippen molar-refractivity contribution in [2.24, 2.45) is 0 Å². The van der Waals surface area contributed by atoms with Crippen molar-refractivity contribution >= 4 is 15.8 Å². The van der Waals surface area contributed by atoms with Gasteiger partial charge in [-0.25, -0.2) is 0 Å². The third-order valence-corrected chi connectivity index (χ3v) is 11.3. The van der Waals surface area contributed by atoms with Crippen LogP contribution in [0.5, 0.6) is 0 Å². The smallest absolute Gasteiger partial charge is 0.366 e. The van der Waals surface area contributed by atoms with Crippen molar-refractivity contribution in [1.82, 2.24) is 0 Å². The molecule has 34 heavy (non-hydrogen) atoms. The molecule has 0 unspecified atom stereocenters. The van der Waals surface area contributed by atoms with E-state index in [0.29, 0.717) is 11.1 Å². The molecule has 0 heterocycles. The summed E-state index contributed by atoms with van der Waals surface area (Å²) in [4.78, 5) is 0. The van der Waals surface area contributed by atoms with E-state index in [-0.39, 0.29) is 36.9 Å². The van der Waals surface area contributed by atoms with Gasteiger partial charge in [-0.2, -0.15) is 5.26 Å². The number of aryl methyl sites for hydroxylation is 1. The van der Waals surface area contributed by atoms with Crippen LogP contribution in [-0.2, 0) is 21.1 Å². The normalized spacial score (nSPS) is 8.76. The van der Waals surface area contributed by atoms with Crippen molar-refractivity contribution in [2.45, 2.75) is 48.5 Å². The molecule has 2 aromatic rings. The van der Waals surface area contributed by atoms with Crippen LogP contribution in [0.25, 0.3) is 0 Å². The quantitative estimate of drug-likeness (QED) is 0.174. The Hall–Kier alpha value is -1.40. The van der Waals surface area contributed by atoms with Crippen LogP contribution >= 0.6 is 15.8 Å². The molecule has 0 atom stereocenters. The minimum absolute atomic E-state index is 0. The van der Waals surface area contributed by atoms with Gasteiger partial charge in [0, 0.05) is 5.56 Å². The molecule has 0 N–H and O–H groups in total. The number of benzene rings is 2. The maximum absolute atomic E-state index is 8.38. The summed E-state index contributed by atoms with van der Waals surface area (Å²) in [5.41, 5.74) is 3.32. The van der Waals surface area contributed by atoms with Gasteiger partial charge in [0.05, 0.1) is 43.0 Å². The van der Waals surface area contributed by atoms with E-state index in [1.807, 2.05) is 37.3 Å². The molecule has 0 aliphatic heterocycles.